The van der Waals surface area contributed by atoms with Crippen LogP contribution in [0.15, 0.2) is 24.3 Å². The zero-order valence-corrected chi connectivity index (χ0v) is 16.4. The van der Waals surface area contributed by atoms with Gasteiger partial charge in [-0.25, -0.2) is 0 Å². The molecule has 1 atom stereocenters. The smallest absolute Gasteiger partial charge is 0.223 e. The maximum absolute atomic E-state index is 12.0. The zero-order valence-electron chi connectivity index (χ0n) is 16.4. The third-order valence-electron chi connectivity index (χ3n) is 5.15. The summed E-state index contributed by atoms with van der Waals surface area (Å²) in [6.07, 6.45) is 4.97. The van der Waals surface area contributed by atoms with Crippen LogP contribution in [0.1, 0.15) is 45.1 Å². The largest absolute Gasteiger partial charge is 0.508 e. The van der Waals surface area contributed by atoms with Gasteiger partial charge in [0.2, 0.25) is 5.91 Å². The number of nitrogens with zero attached hydrogens (tertiary/aromatic N) is 2. The molecular formula is C21H35N3O2. The number of hydrogen-bond acceptors (Lipinski definition) is 4. The van der Waals surface area contributed by atoms with Crippen molar-refractivity contribution in [2.45, 2.75) is 52.0 Å². The molecule has 1 fully saturated rings. The standard InChI is InChI=1S/C21H35N3O2/c1-3-13-23(18(2)17-19-6-8-20(25)9-7-19)14-4-5-15-24-16-12-22-11-10-21(24)26/h6-9,18,22,25H,3-5,10-17H2,1-2H3. The van der Waals surface area contributed by atoms with E-state index in [4.69, 9.17) is 0 Å². The second-order valence-corrected chi connectivity index (χ2v) is 7.34. The van der Waals surface area contributed by atoms with Crippen LogP contribution in [0.25, 0.3) is 0 Å². The molecule has 0 radical (unpaired) electrons. The summed E-state index contributed by atoms with van der Waals surface area (Å²) in [6, 6.07) is 8.02. The lowest BCUT2D eigenvalue weighted by Crippen LogP contribution is -2.37. The number of unbranched alkanes of at least 4 members (excludes halogenated alkanes) is 1. The van der Waals surface area contributed by atoms with Crippen LogP contribution >= 0.6 is 0 Å². The minimum atomic E-state index is 0.293. The lowest BCUT2D eigenvalue weighted by Gasteiger charge is -2.29. The highest BCUT2D eigenvalue weighted by Crippen LogP contribution is 2.14. The Kier molecular flexibility index (Phi) is 8.92. The summed E-state index contributed by atoms with van der Waals surface area (Å²) >= 11 is 0. The number of rotatable bonds is 10. The van der Waals surface area contributed by atoms with E-state index in [-0.39, 0.29) is 0 Å². The van der Waals surface area contributed by atoms with E-state index in [0.717, 1.165) is 65.0 Å². The summed E-state index contributed by atoms with van der Waals surface area (Å²) in [7, 11) is 0. The lowest BCUT2D eigenvalue weighted by molar-refractivity contribution is -0.130. The molecule has 1 aromatic rings. The van der Waals surface area contributed by atoms with E-state index in [2.05, 4.69) is 24.1 Å². The number of phenolic OH excluding ortho intramolecular Hbond substituents is 1. The van der Waals surface area contributed by atoms with Crippen molar-refractivity contribution in [1.29, 1.82) is 0 Å². The van der Waals surface area contributed by atoms with E-state index in [0.29, 0.717) is 24.1 Å². The maximum atomic E-state index is 12.0. The van der Waals surface area contributed by atoms with Gasteiger partial charge in [0, 0.05) is 38.6 Å². The zero-order chi connectivity index (χ0) is 18.8. The van der Waals surface area contributed by atoms with E-state index in [1.165, 1.54) is 5.56 Å². The molecule has 1 saturated heterocycles. The van der Waals surface area contributed by atoms with Crippen LogP contribution in [-0.4, -0.2) is 66.1 Å². The number of amides is 1. The van der Waals surface area contributed by atoms with Gasteiger partial charge in [0.1, 0.15) is 5.75 Å². The Morgan fingerprint density at radius 2 is 1.96 bits per heavy atom. The van der Waals surface area contributed by atoms with Crippen LogP contribution in [0.5, 0.6) is 5.75 Å². The van der Waals surface area contributed by atoms with E-state index in [1.54, 1.807) is 12.1 Å². The molecule has 146 valence electrons. The SMILES string of the molecule is CCCN(CCCCN1CCNCCC1=O)C(C)Cc1ccc(O)cc1. The highest BCUT2D eigenvalue weighted by molar-refractivity contribution is 5.76. The van der Waals surface area contributed by atoms with Crippen molar-refractivity contribution in [3.8, 4) is 5.75 Å². The first-order valence-electron chi connectivity index (χ1n) is 10.1. The molecule has 1 heterocycles. The molecule has 1 aromatic carbocycles. The molecule has 1 aliphatic heterocycles. The van der Waals surface area contributed by atoms with Crippen molar-refractivity contribution in [3.05, 3.63) is 29.8 Å². The van der Waals surface area contributed by atoms with E-state index in [9.17, 15) is 9.90 Å². The number of benzene rings is 1. The second-order valence-electron chi connectivity index (χ2n) is 7.34. The molecule has 0 bridgehead atoms. The van der Waals surface area contributed by atoms with Crippen LogP contribution in [-0.2, 0) is 11.2 Å². The minimum absolute atomic E-state index is 0.293. The number of phenols is 1. The van der Waals surface area contributed by atoms with E-state index in [1.807, 2.05) is 17.0 Å². The van der Waals surface area contributed by atoms with Gasteiger partial charge in [-0.05, 0) is 63.4 Å². The predicted molar refractivity (Wildman–Crippen MR) is 106 cm³/mol. The number of hydrogen-bond donors (Lipinski definition) is 2. The lowest BCUT2D eigenvalue weighted by atomic mass is 10.0. The molecule has 0 spiro atoms. The second kappa shape index (κ2) is 11.2. The summed E-state index contributed by atoms with van der Waals surface area (Å²) in [5, 5.41) is 12.7. The van der Waals surface area contributed by atoms with Crippen LogP contribution < -0.4 is 5.32 Å². The molecule has 2 rings (SSSR count). The first-order chi connectivity index (χ1) is 12.6. The van der Waals surface area contributed by atoms with E-state index < -0.39 is 0 Å². The highest BCUT2D eigenvalue weighted by Gasteiger charge is 2.17. The van der Waals surface area contributed by atoms with Gasteiger partial charge in [-0.2, -0.15) is 0 Å². The fourth-order valence-electron chi connectivity index (χ4n) is 3.61. The third-order valence-corrected chi connectivity index (χ3v) is 5.15. The Bertz CT molecular complexity index is 533. The molecule has 5 nitrogen and oxygen atoms in total. The fraction of sp³-hybridized carbons (Fsp3) is 0.667. The molecule has 0 saturated carbocycles. The Hall–Kier alpha value is -1.59. The number of aromatic hydroxyl groups is 1. The monoisotopic (exact) mass is 361 g/mol. The first-order valence-corrected chi connectivity index (χ1v) is 10.1. The predicted octanol–water partition coefficient (Wildman–Crippen LogP) is 2.64. The Labute approximate surface area is 158 Å². The first kappa shape index (κ1) is 20.7. The topological polar surface area (TPSA) is 55.8 Å². The molecule has 0 aliphatic carbocycles. The van der Waals surface area contributed by atoms with Gasteiger partial charge in [0.05, 0.1) is 0 Å². The quantitative estimate of drug-likeness (QED) is 0.629. The summed E-state index contributed by atoms with van der Waals surface area (Å²) in [4.78, 5) is 16.6. The van der Waals surface area contributed by atoms with Crippen molar-refractivity contribution in [2.75, 3.05) is 39.3 Å². The van der Waals surface area contributed by atoms with Crippen molar-refractivity contribution >= 4 is 5.91 Å². The Morgan fingerprint density at radius 1 is 1.19 bits per heavy atom. The Balaban J connectivity index is 1.75. The maximum Gasteiger partial charge on any atom is 0.223 e. The average molecular weight is 362 g/mol. The normalized spacial score (nSPS) is 16.7. The summed E-state index contributed by atoms with van der Waals surface area (Å²) in [5.74, 6) is 0.617. The number of nitrogens with one attached hydrogen (secondary N) is 1. The molecule has 5 heteroatoms. The van der Waals surface area contributed by atoms with E-state index >= 15 is 0 Å². The van der Waals surface area contributed by atoms with Gasteiger partial charge in [-0.15, -0.1) is 0 Å². The Morgan fingerprint density at radius 3 is 2.69 bits per heavy atom. The van der Waals surface area contributed by atoms with Gasteiger partial charge in [0.15, 0.2) is 0 Å². The minimum Gasteiger partial charge on any atom is -0.508 e. The van der Waals surface area contributed by atoms with Crippen molar-refractivity contribution in [2.24, 2.45) is 0 Å². The number of carbonyl (C=O) groups is 1. The van der Waals surface area contributed by atoms with Gasteiger partial charge < -0.3 is 20.2 Å². The van der Waals surface area contributed by atoms with Crippen LogP contribution in [0.4, 0.5) is 0 Å². The van der Waals surface area contributed by atoms with Crippen molar-refractivity contribution in [3.63, 3.8) is 0 Å². The van der Waals surface area contributed by atoms with Gasteiger partial charge in [-0.1, -0.05) is 19.1 Å². The summed E-state index contributed by atoms with van der Waals surface area (Å²) in [6.45, 7) is 10.1. The van der Waals surface area contributed by atoms with Gasteiger partial charge >= 0.3 is 0 Å². The van der Waals surface area contributed by atoms with Gasteiger partial charge in [0.25, 0.3) is 0 Å². The molecular weight excluding hydrogens is 326 g/mol. The summed E-state index contributed by atoms with van der Waals surface area (Å²) in [5.41, 5.74) is 1.26. The highest BCUT2D eigenvalue weighted by atomic mass is 16.3. The molecule has 1 aliphatic rings. The van der Waals surface area contributed by atoms with Crippen LogP contribution in [0, 0.1) is 0 Å². The molecule has 1 unspecified atom stereocenters. The molecule has 2 N–H and O–H groups in total. The fourth-order valence-corrected chi connectivity index (χ4v) is 3.61. The van der Waals surface area contributed by atoms with Crippen LogP contribution in [0.3, 0.4) is 0 Å². The molecule has 0 aromatic heterocycles. The van der Waals surface area contributed by atoms with Crippen molar-refractivity contribution < 1.29 is 9.90 Å². The molecule has 26 heavy (non-hydrogen) atoms. The molecule has 1 amide bonds. The van der Waals surface area contributed by atoms with Crippen molar-refractivity contribution in [1.82, 2.24) is 15.1 Å². The third kappa shape index (κ3) is 6.96. The van der Waals surface area contributed by atoms with Crippen LogP contribution in [0.2, 0.25) is 0 Å². The average Bonchev–Trinajstić information content (AvgIpc) is 2.84. The summed E-state index contributed by atoms with van der Waals surface area (Å²) < 4.78 is 0. The van der Waals surface area contributed by atoms with Gasteiger partial charge in [-0.3, -0.25) is 4.79 Å². The number of carbonyl (C=O) groups excluding carboxylic acids is 1.